The van der Waals surface area contributed by atoms with Crippen molar-refractivity contribution in [3.8, 4) is 0 Å². The molecule has 0 aliphatic rings. The number of fused-ring (bicyclic) bond motifs is 7. The Kier molecular flexibility index (Phi) is 6.49. The molecule has 10 heteroatoms. The summed E-state index contributed by atoms with van der Waals surface area (Å²) in [5.74, 6) is -1.36. The van der Waals surface area contributed by atoms with Crippen LogP contribution in [-0.2, 0) is 0 Å². The molecule has 0 fully saturated rings. The van der Waals surface area contributed by atoms with Crippen molar-refractivity contribution in [2.45, 2.75) is 0 Å². The second kappa shape index (κ2) is 11.2. The molecule has 5 aromatic carbocycles. The number of hydrogen-bond acceptors (Lipinski definition) is 8. The highest BCUT2D eigenvalue weighted by molar-refractivity contribution is 6.32. The molecular formula is C40H22N4O6. The SMILES string of the molecule is O=C(c1ccc(C(=O)n2c3ccccc3c3c4c5ccccc5n(C(=O)c5ccc(C(=O)c6ncco6)cc5)c4ccc32)cc1)c1ncco1. The Morgan fingerprint density at radius 1 is 0.440 bits per heavy atom. The van der Waals surface area contributed by atoms with E-state index in [1.165, 1.54) is 24.9 Å². The van der Waals surface area contributed by atoms with Gasteiger partial charge in [-0.15, -0.1) is 0 Å². The summed E-state index contributed by atoms with van der Waals surface area (Å²) in [5, 5.41) is 3.36. The fourth-order valence-electron chi connectivity index (χ4n) is 6.66. The van der Waals surface area contributed by atoms with Crippen molar-refractivity contribution in [2.75, 3.05) is 0 Å². The zero-order valence-electron chi connectivity index (χ0n) is 25.9. The van der Waals surface area contributed by atoms with Gasteiger partial charge in [0.25, 0.3) is 23.6 Å². The lowest BCUT2D eigenvalue weighted by molar-refractivity contribution is 0.0960. The molecule has 0 aliphatic carbocycles. The topological polar surface area (TPSA) is 130 Å². The predicted molar refractivity (Wildman–Crippen MR) is 185 cm³/mol. The first-order valence-electron chi connectivity index (χ1n) is 15.6. The standard InChI is InChI=1S/C40H22N4O6/c45-35(37-41-19-21-49-37)23-9-13-25(14-10-23)39(47)43-29-7-3-1-5-27(29)33-31(43)17-18-32-34(33)28-6-2-4-8-30(28)44(32)40(48)26-15-11-24(12-16-26)36(46)38-42-20-22-50-38/h1-22H. The van der Waals surface area contributed by atoms with Crippen molar-refractivity contribution < 1.29 is 28.0 Å². The predicted octanol–water partition coefficient (Wildman–Crippen LogP) is 7.72. The van der Waals surface area contributed by atoms with Gasteiger partial charge >= 0.3 is 0 Å². The van der Waals surface area contributed by atoms with E-state index in [9.17, 15) is 19.2 Å². The van der Waals surface area contributed by atoms with Gasteiger partial charge in [-0.05, 0) is 48.5 Å². The van der Waals surface area contributed by atoms with Gasteiger partial charge in [-0.2, -0.15) is 0 Å². The third-order valence-corrected chi connectivity index (χ3v) is 8.92. The van der Waals surface area contributed by atoms with Crippen molar-refractivity contribution in [2.24, 2.45) is 0 Å². The fraction of sp³-hybridized carbons (Fsp3) is 0. The zero-order valence-corrected chi connectivity index (χ0v) is 25.9. The summed E-state index contributed by atoms with van der Waals surface area (Å²) in [6.45, 7) is 0. The number of carbonyl (C=O) groups is 4. The van der Waals surface area contributed by atoms with Gasteiger partial charge < -0.3 is 8.83 Å². The maximum atomic E-state index is 14.2. The number of benzene rings is 5. The number of ketones is 2. The largest absolute Gasteiger partial charge is 0.442 e. The quantitative estimate of drug-likeness (QED) is 0.167. The minimum absolute atomic E-state index is 0.0251. The Bertz CT molecular complexity index is 2610. The van der Waals surface area contributed by atoms with E-state index in [0.717, 1.165) is 21.5 Å². The van der Waals surface area contributed by atoms with Gasteiger partial charge in [0.1, 0.15) is 12.5 Å². The molecule has 0 saturated heterocycles. The molecule has 0 saturated carbocycles. The molecule has 0 aliphatic heterocycles. The molecule has 0 bridgehead atoms. The molecule has 0 spiro atoms. The molecule has 0 N–H and O–H groups in total. The second-order valence-corrected chi connectivity index (χ2v) is 11.7. The van der Waals surface area contributed by atoms with Crippen LogP contribution in [0.25, 0.3) is 43.6 Å². The summed E-state index contributed by atoms with van der Waals surface area (Å²) in [4.78, 5) is 61.8. The number of carbonyl (C=O) groups excluding carboxylic acids is 4. The molecule has 4 heterocycles. The lowest BCUT2D eigenvalue weighted by Gasteiger charge is -2.08. The van der Waals surface area contributed by atoms with Gasteiger partial charge in [0.15, 0.2) is 0 Å². The van der Waals surface area contributed by atoms with E-state index in [1.807, 2.05) is 60.7 Å². The van der Waals surface area contributed by atoms with Crippen LogP contribution in [-0.4, -0.2) is 42.5 Å². The fourth-order valence-corrected chi connectivity index (χ4v) is 6.66. The van der Waals surface area contributed by atoms with Crippen LogP contribution < -0.4 is 0 Å². The molecule has 0 unspecified atom stereocenters. The van der Waals surface area contributed by atoms with Gasteiger partial charge in [-0.25, -0.2) is 9.97 Å². The molecular weight excluding hydrogens is 632 g/mol. The summed E-state index contributed by atoms with van der Waals surface area (Å²) in [6, 6.07) is 31.8. The van der Waals surface area contributed by atoms with Gasteiger partial charge in [0.05, 0.1) is 34.5 Å². The summed E-state index contributed by atoms with van der Waals surface area (Å²) < 4.78 is 13.6. The third-order valence-electron chi connectivity index (χ3n) is 8.92. The summed E-state index contributed by atoms with van der Waals surface area (Å²) >= 11 is 0. The molecule has 4 aromatic heterocycles. The Labute approximate surface area is 281 Å². The highest BCUT2D eigenvalue weighted by Crippen LogP contribution is 2.40. The van der Waals surface area contributed by atoms with Gasteiger partial charge in [0.2, 0.25) is 11.6 Å². The molecule has 9 rings (SSSR count). The minimum atomic E-state index is -0.380. The average molecular weight is 655 g/mol. The van der Waals surface area contributed by atoms with Gasteiger partial charge in [-0.1, -0.05) is 60.7 Å². The average Bonchev–Trinajstić information content (AvgIpc) is 3.99. The van der Waals surface area contributed by atoms with Crippen LogP contribution in [0.15, 0.2) is 143 Å². The Morgan fingerprint density at radius 2 is 0.820 bits per heavy atom. The van der Waals surface area contributed by atoms with Crippen molar-refractivity contribution >= 4 is 67.0 Å². The highest BCUT2D eigenvalue weighted by atomic mass is 16.4. The smallest absolute Gasteiger partial charge is 0.268 e. The van der Waals surface area contributed by atoms with Crippen molar-refractivity contribution in [3.05, 3.63) is 168 Å². The maximum absolute atomic E-state index is 14.2. The number of hydrogen-bond donors (Lipinski definition) is 0. The molecule has 9 aromatic rings. The third kappa shape index (κ3) is 4.36. The van der Waals surface area contributed by atoms with E-state index in [-0.39, 0.29) is 35.2 Å². The number of nitrogens with zero attached hydrogens (tertiary/aromatic N) is 4. The number of rotatable bonds is 6. The van der Waals surface area contributed by atoms with E-state index in [1.54, 1.807) is 57.7 Å². The van der Waals surface area contributed by atoms with Crippen LogP contribution >= 0.6 is 0 Å². The van der Waals surface area contributed by atoms with Crippen LogP contribution in [0, 0.1) is 0 Å². The molecule has 0 radical (unpaired) electrons. The van der Waals surface area contributed by atoms with Crippen LogP contribution in [0.3, 0.4) is 0 Å². The summed E-state index contributed by atoms with van der Waals surface area (Å²) in [5.41, 5.74) is 4.23. The Morgan fingerprint density at radius 3 is 1.20 bits per heavy atom. The minimum Gasteiger partial charge on any atom is -0.442 e. The first-order valence-corrected chi connectivity index (χ1v) is 15.6. The van der Waals surface area contributed by atoms with Crippen LogP contribution in [0.5, 0.6) is 0 Å². The maximum Gasteiger partial charge on any atom is 0.268 e. The Balaban J connectivity index is 1.18. The second-order valence-electron chi connectivity index (χ2n) is 11.7. The molecule has 238 valence electrons. The molecule has 50 heavy (non-hydrogen) atoms. The lowest BCUT2D eigenvalue weighted by Crippen LogP contribution is -2.13. The van der Waals surface area contributed by atoms with Gasteiger partial charge in [0, 0.05) is 43.8 Å². The van der Waals surface area contributed by atoms with Crippen molar-refractivity contribution in [3.63, 3.8) is 0 Å². The van der Waals surface area contributed by atoms with E-state index in [2.05, 4.69) is 9.97 Å². The number of oxazole rings is 2. The van der Waals surface area contributed by atoms with Crippen LogP contribution in [0.2, 0.25) is 0 Å². The first-order chi connectivity index (χ1) is 24.5. The Hall–Kier alpha value is -7.20. The van der Waals surface area contributed by atoms with Crippen molar-refractivity contribution in [1.82, 2.24) is 19.1 Å². The normalized spacial score (nSPS) is 11.5. The number of para-hydroxylation sites is 2. The van der Waals surface area contributed by atoms with Crippen LogP contribution in [0.1, 0.15) is 53.2 Å². The molecule has 0 atom stereocenters. The monoisotopic (exact) mass is 654 g/mol. The molecule has 0 amide bonds. The van der Waals surface area contributed by atoms with Crippen molar-refractivity contribution in [1.29, 1.82) is 0 Å². The van der Waals surface area contributed by atoms with Gasteiger partial charge in [-0.3, -0.25) is 28.3 Å². The van der Waals surface area contributed by atoms with E-state index in [4.69, 9.17) is 8.83 Å². The van der Waals surface area contributed by atoms with E-state index < -0.39 is 0 Å². The molecule has 10 nitrogen and oxygen atoms in total. The summed E-state index contributed by atoms with van der Waals surface area (Å²) in [6.07, 6.45) is 5.47. The first kappa shape index (κ1) is 29.0. The summed E-state index contributed by atoms with van der Waals surface area (Å²) in [7, 11) is 0. The van der Waals surface area contributed by atoms with E-state index >= 15 is 0 Å². The highest BCUT2D eigenvalue weighted by Gasteiger charge is 2.25. The lowest BCUT2D eigenvalue weighted by atomic mass is 10.1. The van der Waals surface area contributed by atoms with Crippen LogP contribution in [0.4, 0.5) is 0 Å². The zero-order chi connectivity index (χ0) is 33.9. The number of aromatic nitrogens is 4. The van der Waals surface area contributed by atoms with E-state index in [0.29, 0.717) is 44.3 Å².